The van der Waals surface area contributed by atoms with Crippen LogP contribution in [0.3, 0.4) is 0 Å². The van der Waals surface area contributed by atoms with E-state index in [1.165, 1.54) is 38.9 Å². The molecule has 56 heavy (non-hydrogen) atoms. The van der Waals surface area contributed by atoms with Crippen molar-refractivity contribution in [3.8, 4) is 22.3 Å². The van der Waals surface area contributed by atoms with Gasteiger partial charge in [0.2, 0.25) is 0 Å². The Bertz CT molecular complexity index is 2880. The van der Waals surface area contributed by atoms with Crippen molar-refractivity contribution in [1.29, 1.82) is 0 Å². The summed E-state index contributed by atoms with van der Waals surface area (Å²) in [6.45, 7) is 0. The van der Waals surface area contributed by atoms with Gasteiger partial charge in [-0.15, -0.1) is 0 Å². The lowest BCUT2D eigenvalue weighted by atomic mass is 9.67. The Hall–Kier alpha value is -7.01. The quantitative estimate of drug-likeness (QED) is 0.180. The summed E-state index contributed by atoms with van der Waals surface area (Å²) in [5.41, 5.74) is 14.6. The van der Waals surface area contributed by atoms with E-state index in [4.69, 9.17) is 9.41 Å². The van der Waals surface area contributed by atoms with Crippen LogP contribution in [0.4, 0.5) is 0 Å². The van der Waals surface area contributed by atoms with Crippen LogP contribution >= 0.6 is 0 Å². The lowest BCUT2D eigenvalue weighted by molar-refractivity contribution is 0.409. The van der Waals surface area contributed by atoms with Crippen molar-refractivity contribution in [3.05, 3.63) is 239 Å². The van der Waals surface area contributed by atoms with Crippen LogP contribution in [-0.4, -0.2) is 5.84 Å². The minimum atomic E-state index is -0.455. The molecule has 0 amide bonds. The van der Waals surface area contributed by atoms with Crippen LogP contribution in [0, 0.1) is 0 Å². The van der Waals surface area contributed by atoms with Crippen LogP contribution in [0.5, 0.6) is 0 Å². The van der Waals surface area contributed by atoms with Crippen molar-refractivity contribution in [2.75, 3.05) is 0 Å². The lowest BCUT2D eigenvalue weighted by Crippen LogP contribution is -2.44. The van der Waals surface area contributed by atoms with Crippen molar-refractivity contribution >= 4 is 27.8 Å². The molecular formula is C52H37N3O. The molecule has 0 saturated carbocycles. The minimum Gasteiger partial charge on any atom is -0.456 e. The number of nitrogens with zero attached hydrogens (tertiary/aromatic N) is 1. The van der Waals surface area contributed by atoms with Crippen LogP contribution < -0.4 is 10.6 Å². The summed E-state index contributed by atoms with van der Waals surface area (Å²) in [7, 11) is 0. The number of furan rings is 1. The molecule has 2 atom stereocenters. The highest BCUT2D eigenvalue weighted by molar-refractivity contribution is 6.11. The van der Waals surface area contributed by atoms with Gasteiger partial charge in [-0.2, -0.15) is 0 Å². The number of fused-ring (bicyclic) bond motifs is 6. The molecule has 266 valence electrons. The third kappa shape index (κ3) is 5.07. The van der Waals surface area contributed by atoms with E-state index in [2.05, 4.69) is 199 Å². The van der Waals surface area contributed by atoms with E-state index in [-0.39, 0.29) is 12.3 Å². The van der Waals surface area contributed by atoms with Crippen molar-refractivity contribution in [3.63, 3.8) is 0 Å². The van der Waals surface area contributed by atoms with Gasteiger partial charge in [-0.05, 0) is 86.0 Å². The predicted molar refractivity (Wildman–Crippen MR) is 228 cm³/mol. The molecule has 1 aromatic heterocycles. The zero-order valence-corrected chi connectivity index (χ0v) is 30.6. The number of amidine groups is 1. The molecule has 0 saturated heterocycles. The smallest absolute Gasteiger partial charge is 0.135 e. The van der Waals surface area contributed by atoms with E-state index in [1.54, 1.807) is 0 Å². The highest BCUT2D eigenvalue weighted by Gasteiger charge is 2.46. The Morgan fingerprint density at radius 2 is 1.00 bits per heavy atom. The van der Waals surface area contributed by atoms with Gasteiger partial charge in [0.05, 0.1) is 5.41 Å². The number of hydrogen-bond donors (Lipinski definition) is 2. The van der Waals surface area contributed by atoms with Crippen LogP contribution in [0.1, 0.15) is 51.3 Å². The second-order valence-corrected chi connectivity index (χ2v) is 14.7. The summed E-state index contributed by atoms with van der Waals surface area (Å²) < 4.78 is 6.49. The average Bonchev–Trinajstić information content (AvgIpc) is 3.80. The highest BCUT2D eigenvalue weighted by Crippen LogP contribution is 2.58. The Morgan fingerprint density at radius 3 is 1.68 bits per heavy atom. The first-order valence-electron chi connectivity index (χ1n) is 19.3. The molecule has 0 fully saturated rings. The third-order valence-electron chi connectivity index (χ3n) is 11.6. The second-order valence-electron chi connectivity index (χ2n) is 14.7. The largest absolute Gasteiger partial charge is 0.456 e. The number of benzene rings is 8. The summed E-state index contributed by atoms with van der Waals surface area (Å²) in [5.74, 6) is 0.842. The summed E-state index contributed by atoms with van der Waals surface area (Å²) in [4.78, 5) is 5.22. The van der Waals surface area contributed by atoms with Crippen molar-refractivity contribution in [2.45, 2.75) is 17.7 Å². The molecule has 2 N–H and O–H groups in total. The van der Waals surface area contributed by atoms with Gasteiger partial charge in [-0.1, -0.05) is 170 Å². The van der Waals surface area contributed by atoms with Gasteiger partial charge in [-0.25, -0.2) is 4.99 Å². The first kappa shape index (κ1) is 32.4. The normalized spacial score (nSPS) is 16.9. The number of nitrogens with one attached hydrogen (secondary N) is 2. The van der Waals surface area contributed by atoms with E-state index in [0.29, 0.717) is 0 Å². The van der Waals surface area contributed by atoms with E-state index in [9.17, 15) is 0 Å². The Labute approximate surface area is 325 Å². The molecule has 2 heterocycles. The second kappa shape index (κ2) is 13.1. The molecule has 2 aliphatic rings. The minimum absolute atomic E-state index is 0.112. The average molecular weight is 720 g/mol. The fourth-order valence-electron chi connectivity index (χ4n) is 9.15. The van der Waals surface area contributed by atoms with E-state index in [0.717, 1.165) is 50.0 Å². The van der Waals surface area contributed by atoms with Gasteiger partial charge in [0, 0.05) is 16.3 Å². The molecule has 1 aliphatic heterocycles. The first-order chi connectivity index (χ1) is 27.8. The molecule has 0 bridgehead atoms. The van der Waals surface area contributed by atoms with Gasteiger partial charge in [-0.3, -0.25) is 5.32 Å². The van der Waals surface area contributed by atoms with Crippen LogP contribution in [0.15, 0.2) is 210 Å². The van der Waals surface area contributed by atoms with Gasteiger partial charge >= 0.3 is 0 Å². The predicted octanol–water partition coefficient (Wildman–Crippen LogP) is 12.0. The zero-order valence-electron chi connectivity index (χ0n) is 30.6. The van der Waals surface area contributed by atoms with Crippen molar-refractivity contribution < 1.29 is 4.42 Å². The SMILES string of the molecule is c1ccc(C2N=C(c3ccc4oc5ccc(-c6cccc7c6-c6ccccc6C7(c6ccccc6)c6ccccc6)cc5c4c3)NC(c3ccccc3)N2)cc1. The topological polar surface area (TPSA) is 49.6 Å². The molecule has 2 unspecified atom stereocenters. The zero-order chi connectivity index (χ0) is 37.1. The van der Waals surface area contributed by atoms with Crippen LogP contribution in [-0.2, 0) is 5.41 Å². The summed E-state index contributed by atoms with van der Waals surface area (Å²) in [5, 5.41) is 9.56. The molecule has 1 aliphatic carbocycles. The fourth-order valence-corrected chi connectivity index (χ4v) is 9.15. The van der Waals surface area contributed by atoms with E-state index >= 15 is 0 Å². The molecule has 9 aromatic rings. The Morgan fingerprint density at radius 1 is 0.464 bits per heavy atom. The molecular weight excluding hydrogens is 683 g/mol. The molecule has 11 rings (SSSR count). The van der Waals surface area contributed by atoms with Crippen molar-refractivity contribution in [1.82, 2.24) is 10.6 Å². The maximum absolute atomic E-state index is 6.49. The summed E-state index contributed by atoms with van der Waals surface area (Å²) in [6, 6.07) is 71.7. The van der Waals surface area contributed by atoms with E-state index < -0.39 is 5.41 Å². The first-order valence-corrected chi connectivity index (χ1v) is 19.3. The van der Waals surface area contributed by atoms with Crippen LogP contribution in [0.2, 0.25) is 0 Å². The van der Waals surface area contributed by atoms with Gasteiger partial charge < -0.3 is 9.73 Å². The Kier molecular flexibility index (Phi) is 7.58. The lowest BCUT2D eigenvalue weighted by Gasteiger charge is -2.34. The molecule has 4 nitrogen and oxygen atoms in total. The third-order valence-corrected chi connectivity index (χ3v) is 11.6. The monoisotopic (exact) mass is 719 g/mol. The van der Waals surface area contributed by atoms with E-state index in [1.807, 2.05) is 12.1 Å². The maximum Gasteiger partial charge on any atom is 0.135 e. The molecule has 4 heteroatoms. The highest BCUT2D eigenvalue weighted by atomic mass is 16.3. The number of rotatable bonds is 6. The summed E-state index contributed by atoms with van der Waals surface area (Å²) in [6.07, 6.45) is -0.317. The Balaban J connectivity index is 1.07. The van der Waals surface area contributed by atoms with Gasteiger partial charge in [0.1, 0.15) is 29.3 Å². The number of hydrogen-bond acceptors (Lipinski definition) is 4. The summed E-state index contributed by atoms with van der Waals surface area (Å²) >= 11 is 0. The standard InChI is InChI=1S/C52H37N3O/c1-5-16-34(17-6-1)49-53-50(35-18-7-2-8-19-35)55-51(54-49)37-29-31-47-43(33-37)42-32-36(28-30-46(42)56-47)40-25-15-27-45-48(40)41-24-13-14-26-44(41)52(45,38-20-9-3-10-21-38)39-22-11-4-12-23-39/h1-33,49-50,53H,(H,54,55). The van der Waals surface area contributed by atoms with Gasteiger partial charge in [0.15, 0.2) is 0 Å². The van der Waals surface area contributed by atoms with Gasteiger partial charge in [0.25, 0.3) is 0 Å². The molecule has 0 spiro atoms. The molecule has 8 aromatic carbocycles. The molecule has 0 radical (unpaired) electrons. The van der Waals surface area contributed by atoms with Crippen LogP contribution in [0.25, 0.3) is 44.2 Å². The maximum atomic E-state index is 6.49. The van der Waals surface area contributed by atoms with Crippen molar-refractivity contribution in [2.24, 2.45) is 4.99 Å². The number of aliphatic imine (C=N–C) groups is 1. The fraction of sp³-hybridized carbons (Fsp3) is 0.0577.